The number of hydrogen-bond donors (Lipinski definition) is 2. The first kappa shape index (κ1) is 18.2. The van der Waals surface area contributed by atoms with Gasteiger partial charge < -0.3 is 15.3 Å². The monoisotopic (exact) mass is 376 g/mol. The number of benzene rings is 2. The zero-order valence-electron chi connectivity index (χ0n) is 17.0. The highest BCUT2D eigenvalue weighted by Crippen LogP contribution is 2.56. The second kappa shape index (κ2) is 7.20. The van der Waals surface area contributed by atoms with E-state index in [1.54, 1.807) is 0 Å². The van der Waals surface area contributed by atoms with Gasteiger partial charge in [0.2, 0.25) is 0 Å². The van der Waals surface area contributed by atoms with Gasteiger partial charge in [0.25, 0.3) is 0 Å². The SMILES string of the molecule is CN1CC[C@]23CCCC[C@H]2[C@H]1Cc1cc(CNCc2ccccc2)c(O)cc13. The number of likely N-dealkylation sites (N-methyl/N-ethyl adjacent to an activating group) is 1. The Morgan fingerprint density at radius 3 is 2.82 bits per heavy atom. The Morgan fingerprint density at radius 1 is 1.11 bits per heavy atom. The molecule has 28 heavy (non-hydrogen) atoms. The van der Waals surface area contributed by atoms with Crippen LogP contribution in [0.15, 0.2) is 42.5 Å². The molecule has 3 aliphatic rings. The van der Waals surface area contributed by atoms with Crippen molar-refractivity contribution in [3.05, 3.63) is 64.7 Å². The number of hydrogen-bond acceptors (Lipinski definition) is 3. The normalized spacial score (nSPS) is 29.2. The third kappa shape index (κ3) is 2.96. The molecule has 0 unspecified atom stereocenters. The minimum absolute atomic E-state index is 0.316. The summed E-state index contributed by atoms with van der Waals surface area (Å²) < 4.78 is 0. The number of nitrogens with one attached hydrogen (secondary N) is 1. The van der Waals surface area contributed by atoms with Crippen molar-refractivity contribution in [3.8, 4) is 5.75 Å². The summed E-state index contributed by atoms with van der Waals surface area (Å²) in [4.78, 5) is 2.61. The number of fused-ring (bicyclic) bond motifs is 1. The molecule has 2 aromatic rings. The quantitative estimate of drug-likeness (QED) is 0.832. The molecule has 1 saturated carbocycles. The van der Waals surface area contributed by atoms with Crippen molar-refractivity contribution in [2.75, 3.05) is 13.6 Å². The largest absolute Gasteiger partial charge is 0.508 e. The van der Waals surface area contributed by atoms with E-state index in [1.165, 1.54) is 55.3 Å². The van der Waals surface area contributed by atoms with E-state index in [2.05, 4.69) is 53.7 Å². The molecule has 3 heteroatoms. The summed E-state index contributed by atoms with van der Waals surface area (Å²) in [5.74, 6) is 1.25. The molecule has 1 saturated heterocycles. The predicted octanol–water partition coefficient (Wildman–Crippen LogP) is 4.37. The maximum atomic E-state index is 10.8. The van der Waals surface area contributed by atoms with E-state index in [-0.39, 0.29) is 0 Å². The molecule has 3 nitrogen and oxygen atoms in total. The van der Waals surface area contributed by atoms with Gasteiger partial charge in [0.1, 0.15) is 5.75 Å². The lowest BCUT2D eigenvalue weighted by atomic mass is 9.52. The van der Waals surface area contributed by atoms with Crippen molar-refractivity contribution >= 4 is 0 Å². The van der Waals surface area contributed by atoms with Crippen molar-refractivity contribution in [1.29, 1.82) is 0 Å². The Hall–Kier alpha value is -1.84. The first-order chi connectivity index (χ1) is 13.7. The standard InChI is InChI=1S/C25H32N2O/c1-27-12-11-25-10-6-5-9-21(25)23(27)14-19-13-20(24(28)15-22(19)25)17-26-16-18-7-3-2-4-8-18/h2-4,7-8,13,15,21,23,26,28H,5-6,9-12,14,16-17H2,1H3/t21-,23+,25+/m0/s1. The number of aromatic hydroxyl groups is 1. The highest BCUT2D eigenvalue weighted by molar-refractivity contribution is 5.49. The van der Waals surface area contributed by atoms with Crippen LogP contribution in [0.3, 0.4) is 0 Å². The number of likely N-dealkylation sites (tertiary alicyclic amines) is 1. The molecule has 0 aromatic heterocycles. The molecule has 2 fully saturated rings. The highest BCUT2D eigenvalue weighted by atomic mass is 16.3. The van der Waals surface area contributed by atoms with E-state index in [0.29, 0.717) is 23.8 Å². The van der Waals surface area contributed by atoms with Crippen molar-refractivity contribution in [2.24, 2.45) is 5.92 Å². The molecule has 1 heterocycles. The van der Waals surface area contributed by atoms with Gasteiger partial charge in [-0.3, -0.25) is 0 Å². The lowest BCUT2D eigenvalue weighted by Gasteiger charge is -2.58. The molecule has 1 aliphatic heterocycles. The average Bonchev–Trinajstić information content (AvgIpc) is 2.72. The van der Waals surface area contributed by atoms with Gasteiger partial charge in [-0.25, -0.2) is 0 Å². The molecular weight excluding hydrogens is 344 g/mol. The smallest absolute Gasteiger partial charge is 0.120 e. The molecule has 148 valence electrons. The Balaban J connectivity index is 1.42. The summed E-state index contributed by atoms with van der Waals surface area (Å²) in [5, 5.41) is 14.4. The molecule has 2 aromatic carbocycles. The molecule has 5 rings (SSSR count). The van der Waals surface area contributed by atoms with Crippen LogP contribution in [0, 0.1) is 5.92 Å². The van der Waals surface area contributed by atoms with Gasteiger partial charge in [-0.1, -0.05) is 49.2 Å². The van der Waals surface area contributed by atoms with Crippen LogP contribution in [0.1, 0.15) is 54.4 Å². The minimum Gasteiger partial charge on any atom is -0.508 e. The number of piperidine rings is 1. The van der Waals surface area contributed by atoms with Crippen LogP contribution in [0.25, 0.3) is 0 Å². The minimum atomic E-state index is 0.316. The number of nitrogens with zero attached hydrogens (tertiary/aromatic N) is 1. The lowest BCUT2D eigenvalue weighted by Crippen LogP contribution is -2.59. The number of phenols is 1. The maximum absolute atomic E-state index is 10.8. The molecule has 0 radical (unpaired) electrons. The summed E-state index contributed by atoms with van der Waals surface area (Å²) in [7, 11) is 2.32. The molecule has 3 atom stereocenters. The summed E-state index contributed by atoms with van der Waals surface area (Å²) in [6.45, 7) is 2.74. The van der Waals surface area contributed by atoms with Crippen LogP contribution >= 0.6 is 0 Å². The third-order valence-corrected chi connectivity index (χ3v) is 7.80. The predicted molar refractivity (Wildman–Crippen MR) is 113 cm³/mol. The van der Waals surface area contributed by atoms with Crippen LogP contribution in [0.5, 0.6) is 5.75 Å². The van der Waals surface area contributed by atoms with Gasteiger partial charge in [0.15, 0.2) is 0 Å². The first-order valence-electron chi connectivity index (χ1n) is 11.0. The fourth-order valence-corrected chi connectivity index (χ4v) is 6.37. The Bertz CT molecular complexity index is 849. The van der Waals surface area contributed by atoms with E-state index < -0.39 is 0 Å². The van der Waals surface area contributed by atoms with Gasteiger partial charge in [-0.15, -0.1) is 0 Å². The third-order valence-electron chi connectivity index (χ3n) is 7.80. The second-order valence-electron chi connectivity index (χ2n) is 9.24. The van der Waals surface area contributed by atoms with Crippen molar-refractivity contribution in [3.63, 3.8) is 0 Å². The molecule has 0 amide bonds. The van der Waals surface area contributed by atoms with E-state index in [0.717, 1.165) is 24.4 Å². The second-order valence-corrected chi connectivity index (χ2v) is 9.24. The van der Waals surface area contributed by atoms with Gasteiger partial charge in [0, 0.05) is 30.1 Å². The van der Waals surface area contributed by atoms with E-state index >= 15 is 0 Å². The van der Waals surface area contributed by atoms with Gasteiger partial charge >= 0.3 is 0 Å². The van der Waals surface area contributed by atoms with Gasteiger partial charge in [0.05, 0.1) is 0 Å². The molecule has 2 N–H and O–H groups in total. The maximum Gasteiger partial charge on any atom is 0.120 e. The van der Waals surface area contributed by atoms with Crippen LogP contribution in [-0.2, 0) is 24.9 Å². The van der Waals surface area contributed by atoms with Gasteiger partial charge in [-0.2, -0.15) is 0 Å². The zero-order chi connectivity index (χ0) is 19.1. The van der Waals surface area contributed by atoms with E-state index in [9.17, 15) is 5.11 Å². The van der Waals surface area contributed by atoms with Crippen LogP contribution in [-0.4, -0.2) is 29.6 Å². The fraction of sp³-hybridized carbons (Fsp3) is 0.520. The Labute approximate surface area is 168 Å². The molecule has 2 aliphatic carbocycles. The van der Waals surface area contributed by atoms with Crippen LogP contribution < -0.4 is 5.32 Å². The van der Waals surface area contributed by atoms with Crippen molar-refractivity contribution < 1.29 is 5.11 Å². The molecule has 0 spiro atoms. The number of rotatable bonds is 4. The van der Waals surface area contributed by atoms with Crippen molar-refractivity contribution in [2.45, 2.75) is 63.1 Å². The fourth-order valence-electron chi connectivity index (χ4n) is 6.37. The van der Waals surface area contributed by atoms with Gasteiger partial charge in [-0.05, 0) is 68.0 Å². The summed E-state index contributed by atoms with van der Waals surface area (Å²) in [6.07, 6.45) is 7.77. The first-order valence-corrected chi connectivity index (χ1v) is 11.0. The lowest BCUT2D eigenvalue weighted by molar-refractivity contribution is 0.00270. The Kier molecular flexibility index (Phi) is 4.68. The summed E-state index contributed by atoms with van der Waals surface area (Å²) >= 11 is 0. The number of phenolic OH excluding ortho intramolecular Hbond substituents is 1. The van der Waals surface area contributed by atoms with E-state index in [4.69, 9.17) is 0 Å². The zero-order valence-corrected chi connectivity index (χ0v) is 17.0. The average molecular weight is 377 g/mol. The topological polar surface area (TPSA) is 35.5 Å². The summed E-state index contributed by atoms with van der Waals surface area (Å²) in [6, 6.07) is 15.6. The van der Waals surface area contributed by atoms with E-state index in [1.807, 2.05) is 6.07 Å². The van der Waals surface area contributed by atoms with Crippen LogP contribution in [0.2, 0.25) is 0 Å². The summed E-state index contributed by atoms with van der Waals surface area (Å²) in [5.41, 5.74) is 5.60. The molecule has 2 bridgehead atoms. The molecular formula is C25H32N2O. The van der Waals surface area contributed by atoms with Crippen molar-refractivity contribution in [1.82, 2.24) is 10.2 Å². The highest BCUT2D eigenvalue weighted by Gasteiger charge is 2.53. The Morgan fingerprint density at radius 2 is 1.96 bits per heavy atom. The van der Waals surface area contributed by atoms with Crippen LogP contribution in [0.4, 0.5) is 0 Å².